The smallest absolute Gasteiger partial charge is 0.189 e. The summed E-state index contributed by atoms with van der Waals surface area (Å²) in [4.78, 5) is 15.1. The van der Waals surface area contributed by atoms with Crippen LogP contribution in [0, 0.1) is 0 Å². The van der Waals surface area contributed by atoms with E-state index >= 15 is 0 Å². The lowest BCUT2D eigenvalue weighted by Crippen LogP contribution is -2.36. The fourth-order valence-electron chi connectivity index (χ4n) is 3.62. The average molecular weight is 349 g/mol. The van der Waals surface area contributed by atoms with Crippen molar-refractivity contribution < 1.29 is 14.3 Å². The molecule has 0 radical (unpaired) electrons. The Morgan fingerprint density at radius 3 is 2.54 bits per heavy atom. The van der Waals surface area contributed by atoms with Crippen molar-refractivity contribution in [1.82, 2.24) is 0 Å². The van der Waals surface area contributed by atoms with Crippen molar-refractivity contribution >= 4 is 17.5 Å². The number of nitrogens with zero attached hydrogens (tertiary/aromatic N) is 1. The molecule has 4 rings (SSSR count). The average Bonchev–Trinajstić information content (AvgIpc) is 2.71. The Morgan fingerprint density at radius 1 is 1.04 bits per heavy atom. The van der Waals surface area contributed by atoms with E-state index in [1.165, 1.54) is 5.69 Å². The molecule has 0 atom stereocenters. The van der Waals surface area contributed by atoms with Gasteiger partial charge < -0.3 is 14.4 Å². The third kappa shape index (κ3) is 3.37. The summed E-state index contributed by atoms with van der Waals surface area (Å²) >= 11 is 0. The van der Waals surface area contributed by atoms with Crippen LogP contribution in [-0.2, 0) is 11.2 Å². The largest absolute Gasteiger partial charge is 0.497 e. The molecular formula is C22H23NO3. The first-order valence-electron chi connectivity index (χ1n) is 9.09. The molecule has 1 heterocycles. The molecule has 0 spiro atoms. The second kappa shape index (κ2) is 7.34. The van der Waals surface area contributed by atoms with Crippen LogP contribution in [-0.4, -0.2) is 39.2 Å². The molecule has 0 amide bonds. The van der Waals surface area contributed by atoms with Crippen molar-refractivity contribution in [2.24, 2.45) is 0 Å². The number of benzene rings is 2. The number of carbonyl (C=O) groups is 1. The number of hydrogen-bond donors (Lipinski definition) is 0. The lowest BCUT2D eigenvalue weighted by molar-refractivity contribution is 0.102. The second-order valence-electron chi connectivity index (χ2n) is 6.71. The summed E-state index contributed by atoms with van der Waals surface area (Å²) in [5, 5.41) is 0. The Labute approximate surface area is 154 Å². The van der Waals surface area contributed by atoms with Crippen molar-refractivity contribution in [3.63, 3.8) is 0 Å². The highest BCUT2D eigenvalue weighted by Crippen LogP contribution is 2.29. The summed E-state index contributed by atoms with van der Waals surface area (Å²) in [5.74, 6) is 0.939. The van der Waals surface area contributed by atoms with Gasteiger partial charge in [0.25, 0.3) is 0 Å². The number of allylic oxidation sites excluding steroid dienone is 1. The molecule has 2 aliphatic rings. The predicted molar refractivity (Wildman–Crippen MR) is 103 cm³/mol. The van der Waals surface area contributed by atoms with E-state index in [4.69, 9.17) is 9.47 Å². The van der Waals surface area contributed by atoms with Crippen LogP contribution < -0.4 is 9.64 Å². The third-order valence-electron chi connectivity index (χ3n) is 5.12. The Kier molecular flexibility index (Phi) is 4.76. The van der Waals surface area contributed by atoms with Crippen molar-refractivity contribution in [3.05, 3.63) is 64.7 Å². The number of fused-ring (bicyclic) bond motifs is 1. The molecule has 0 aromatic heterocycles. The summed E-state index contributed by atoms with van der Waals surface area (Å²) in [6.45, 7) is 3.42. The van der Waals surface area contributed by atoms with Gasteiger partial charge in [0.15, 0.2) is 5.78 Å². The number of carbonyl (C=O) groups excluding carboxylic acids is 1. The van der Waals surface area contributed by atoms with Crippen LogP contribution in [0.15, 0.2) is 48.0 Å². The highest BCUT2D eigenvalue weighted by molar-refractivity contribution is 6.13. The van der Waals surface area contributed by atoms with Crippen LogP contribution in [0.3, 0.4) is 0 Å². The summed E-state index contributed by atoms with van der Waals surface area (Å²) < 4.78 is 10.7. The minimum absolute atomic E-state index is 0.131. The van der Waals surface area contributed by atoms with Crippen molar-refractivity contribution in [1.29, 1.82) is 0 Å². The van der Waals surface area contributed by atoms with Gasteiger partial charge in [0.2, 0.25) is 0 Å². The van der Waals surface area contributed by atoms with Crippen LogP contribution in [0.2, 0.25) is 0 Å². The topological polar surface area (TPSA) is 38.8 Å². The van der Waals surface area contributed by atoms with E-state index in [0.717, 1.165) is 67.2 Å². The van der Waals surface area contributed by atoms with E-state index in [-0.39, 0.29) is 5.78 Å². The van der Waals surface area contributed by atoms with Gasteiger partial charge in [-0.3, -0.25) is 4.79 Å². The molecule has 2 aromatic rings. The van der Waals surface area contributed by atoms with Gasteiger partial charge >= 0.3 is 0 Å². The van der Waals surface area contributed by atoms with Crippen LogP contribution in [0.4, 0.5) is 5.69 Å². The number of aryl methyl sites for hydroxylation is 1. The Hall–Kier alpha value is -2.59. The fraction of sp³-hybridized carbons (Fsp3) is 0.318. The molecule has 1 fully saturated rings. The maximum absolute atomic E-state index is 12.8. The van der Waals surface area contributed by atoms with Gasteiger partial charge in [-0.2, -0.15) is 0 Å². The zero-order valence-electron chi connectivity index (χ0n) is 15.0. The summed E-state index contributed by atoms with van der Waals surface area (Å²) in [6, 6.07) is 14.2. The molecule has 1 saturated heterocycles. The van der Waals surface area contributed by atoms with Crippen LogP contribution in [0.25, 0.3) is 6.08 Å². The van der Waals surface area contributed by atoms with Crippen molar-refractivity contribution in [3.8, 4) is 5.75 Å². The van der Waals surface area contributed by atoms with Gasteiger partial charge in [-0.25, -0.2) is 0 Å². The first-order chi connectivity index (χ1) is 12.7. The standard InChI is InChI=1S/C22H23NO3/c1-25-20-8-9-21-17(15-20)4-5-18(22(21)24)14-16-2-6-19(7-3-16)23-10-12-26-13-11-23/h2-3,6-9,14-15H,4-5,10-13H2,1H3. The second-order valence-corrected chi connectivity index (χ2v) is 6.71. The quantitative estimate of drug-likeness (QED) is 0.791. The molecule has 0 unspecified atom stereocenters. The molecule has 26 heavy (non-hydrogen) atoms. The summed E-state index contributed by atoms with van der Waals surface area (Å²) in [5.41, 5.74) is 5.04. The highest BCUT2D eigenvalue weighted by atomic mass is 16.5. The molecule has 0 bridgehead atoms. The number of anilines is 1. The van der Waals surface area contributed by atoms with Crippen LogP contribution in [0.5, 0.6) is 5.75 Å². The molecule has 4 nitrogen and oxygen atoms in total. The van der Waals surface area contributed by atoms with E-state index in [0.29, 0.717) is 0 Å². The van der Waals surface area contributed by atoms with E-state index in [2.05, 4.69) is 29.2 Å². The van der Waals surface area contributed by atoms with E-state index in [1.807, 2.05) is 24.3 Å². The number of rotatable bonds is 3. The number of hydrogen-bond acceptors (Lipinski definition) is 4. The Bertz CT molecular complexity index is 833. The lowest BCUT2D eigenvalue weighted by atomic mass is 9.86. The number of Topliss-reactive ketones (excluding diaryl/α,β-unsaturated/α-hetero) is 1. The van der Waals surface area contributed by atoms with Gasteiger partial charge in [-0.05, 0) is 60.4 Å². The first kappa shape index (κ1) is 16.9. The van der Waals surface area contributed by atoms with Crippen molar-refractivity contribution in [2.75, 3.05) is 38.3 Å². The minimum Gasteiger partial charge on any atom is -0.497 e. The molecule has 1 aliphatic heterocycles. The molecule has 2 aromatic carbocycles. The summed E-state index contributed by atoms with van der Waals surface area (Å²) in [7, 11) is 1.65. The number of morpholine rings is 1. The van der Waals surface area contributed by atoms with E-state index in [1.54, 1.807) is 7.11 Å². The highest BCUT2D eigenvalue weighted by Gasteiger charge is 2.22. The van der Waals surface area contributed by atoms with Crippen LogP contribution in [0.1, 0.15) is 27.9 Å². The van der Waals surface area contributed by atoms with Crippen molar-refractivity contribution in [2.45, 2.75) is 12.8 Å². The third-order valence-corrected chi connectivity index (χ3v) is 5.12. The zero-order valence-corrected chi connectivity index (χ0v) is 15.0. The van der Waals surface area contributed by atoms with E-state index in [9.17, 15) is 4.79 Å². The molecule has 1 aliphatic carbocycles. The molecule has 134 valence electrons. The zero-order chi connectivity index (χ0) is 17.9. The lowest BCUT2D eigenvalue weighted by Gasteiger charge is -2.28. The maximum atomic E-state index is 12.8. The molecule has 4 heteroatoms. The van der Waals surface area contributed by atoms with Gasteiger partial charge in [0.1, 0.15) is 5.75 Å². The monoisotopic (exact) mass is 349 g/mol. The van der Waals surface area contributed by atoms with Crippen LogP contribution >= 0.6 is 0 Å². The first-order valence-corrected chi connectivity index (χ1v) is 9.09. The van der Waals surface area contributed by atoms with Gasteiger partial charge in [-0.1, -0.05) is 12.1 Å². The fourth-order valence-corrected chi connectivity index (χ4v) is 3.62. The molecular weight excluding hydrogens is 326 g/mol. The Morgan fingerprint density at radius 2 is 1.81 bits per heavy atom. The normalized spacial score (nSPS) is 18.7. The van der Waals surface area contributed by atoms with Gasteiger partial charge in [0.05, 0.1) is 20.3 Å². The van der Waals surface area contributed by atoms with Gasteiger partial charge in [-0.15, -0.1) is 0 Å². The number of methoxy groups -OCH3 is 1. The number of ketones is 1. The summed E-state index contributed by atoms with van der Waals surface area (Å²) in [6.07, 6.45) is 3.67. The minimum atomic E-state index is 0.131. The Balaban J connectivity index is 1.53. The van der Waals surface area contributed by atoms with E-state index < -0.39 is 0 Å². The molecule has 0 N–H and O–H groups in total. The maximum Gasteiger partial charge on any atom is 0.189 e. The van der Waals surface area contributed by atoms with Gasteiger partial charge in [0, 0.05) is 29.9 Å². The SMILES string of the molecule is COc1ccc2c(c1)CCC(=Cc1ccc(N3CCOCC3)cc1)C2=O. The number of ether oxygens (including phenoxy) is 2. The molecule has 0 saturated carbocycles. The predicted octanol–water partition coefficient (Wildman–Crippen LogP) is 3.74.